The van der Waals surface area contributed by atoms with Gasteiger partial charge in [0.1, 0.15) is 0 Å². The standard InChI is InChI=1S/C11H12N4O/c12-10-11(13)15-9(5-14-10)8-3-1-2-7(4-8)6-16/h1-5,16H,6H2,(H2,12,14)(H2,13,15). The molecule has 0 spiro atoms. The van der Waals surface area contributed by atoms with Gasteiger partial charge in [0.15, 0.2) is 11.6 Å². The van der Waals surface area contributed by atoms with E-state index in [4.69, 9.17) is 16.6 Å². The lowest BCUT2D eigenvalue weighted by Gasteiger charge is -2.04. The molecule has 82 valence electrons. The predicted octanol–water partition coefficient (Wildman–Crippen LogP) is 0.800. The molecule has 0 fully saturated rings. The Morgan fingerprint density at radius 1 is 1.19 bits per heavy atom. The van der Waals surface area contributed by atoms with Crippen molar-refractivity contribution in [3.8, 4) is 11.3 Å². The summed E-state index contributed by atoms with van der Waals surface area (Å²) in [6, 6.07) is 7.38. The number of aliphatic hydroxyl groups is 1. The molecule has 0 radical (unpaired) electrons. The molecule has 5 N–H and O–H groups in total. The molecule has 0 saturated carbocycles. The van der Waals surface area contributed by atoms with Crippen LogP contribution in [-0.2, 0) is 6.61 Å². The predicted molar refractivity (Wildman–Crippen MR) is 62.2 cm³/mol. The maximum atomic E-state index is 9.03. The van der Waals surface area contributed by atoms with Crippen LogP contribution >= 0.6 is 0 Å². The van der Waals surface area contributed by atoms with Gasteiger partial charge in [-0.05, 0) is 11.6 Å². The van der Waals surface area contributed by atoms with Gasteiger partial charge in [-0.2, -0.15) is 0 Å². The highest BCUT2D eigenvalue weighted by molar-refractivity contribution is 5.64. The lowest BCUT2D eigenvalue weighted by Crippen LogP contribution is -2.01. The molecular weight excluding hydrogens is 204 g/mol. The molecule has 0 saturated heterocycles. The fourth-order valence-electron chi connectivity index (χ4n) is 1.38. The van der Waals surface area contributed by atoms with Crippen LogP contribution in [0.4, 0.5) is 11.6 Å². The number of aromatic nitrogens is 2. The summed E-state index contributed by atoms with van der Waals surface area (Å²) < 4.78 is 0. The number of nitrogens with two attached hydrogens (primary N) is 2. The Morgan fingerprint density at radius 3 is 2.69 bits per heavy atom. The van der Waals surface area contributed by atoms with Crippen molar-refractivity contribution in [2.75, 3.05) is 11.5 Å². The zero-order chi connectivity index (χ0) is 11.5. The van der Waals surface area contributed by atoms with Crippen molar-refractivity contribution < 1.29 is 5.11 Å². The molecule has 0 unspecified atom stereocenters. The van der Waals surface area contributed by atoms with E-state index in [1.807, 2.05) is 24.3 Å². The Balaban J connectivity index is 2.46. The Labute approximate surface area is 92.8 Å². The van der Waals surface area contributed by atoms with Crippen LogP contribution in [0.25, 0.3) is 11.3 Å². The number of nitrogen functional groups attached to an aromatic ring is 2. The number of rotatable bonds is 2. The van der Waals surface area contributed by atoms with E-state index in [0.717, 1.165) is 11.1 Å². The maximum Gasteiger partial charge on any atom is 0.166 e. The van der Waals surface area contributed by atoms with Crippen molar-refractivity contribution in [1.82, 2.24) is 9.97 Å². The van der Waals surface area contributed by atoms with Crippen LogP contribution in [0.1, 0.15) is 5.56 Å². The molecule has 0 aliphatic carbocycles. The maximum absolute atomic E-state index is 9.03. The van der Waals surface area contributed by atoms with E-state index in [1.165, 1.54) is 0 Å². The van der Waals surface area contributed by atoms with E-state index in [2.05, 4.69) is 9.97 Å². The van der Waals surface area contributed by atoms with Crippen molar-refractivity contribution >= 4 is 11.6 Å². The van der Waals surface area contributed by atoms with E-state index in [0.29, 0.717) is 5.69 Å². The molecule has 1 aromatic heterocycles. The monoisotopic (exact) mass is 216 g/mol. The first kappa shape index (κ1) is 10.4. The quantitative estimate of drug-likeness (QED) is 0.689. The number of benzene rings is 1. The van der Waals surface area contributed by atoms with Crippen molar-refractivity contribution in [2.45, 2.75) is 6.61 Å². The lowest BCUT2D eigenvalue weighted by molar-refractivity contribution is 0.282. The van der Waals surface area contributed by atoms with Gasteiger partial charge in [-0.25, -0.2) is 9.97 Å². The highest BCUT2D eigenvalue weighted by Crippen LogP contribution is 2.20. The fourth-order valence-corrected chi connectivity index (χ4v) is 1.38. The second-order valence-corrected chi connectivity index (χ2v) is 3.38. The molecule has 5 heteroatoms. The van der Waals surface area contributed by atoms with Crippen molar-refractivity contribution in [3.63, 3.8) is 0 Å². The summed E-state index contributed by atoms with van der Waals surface area (Å²) in [6.45, 7) is -0.00821. The molecule has 2 aromatic rings. The minimum Gasteiger partial charge on any atom is -0.392 e. The third-order valence-corrected chi connectivity index (χ3v) is 2.23. The summed E-state index contributed by atoms with van der Waals surface area (Å²) in [4.78, 5) is 8.07. The van der Waals surface area contributed by atoms with Gasteiger partial charge in [-0.15, -0.1) is 0 Å². The van der Waals surface area contributed by atoms with E-state index in [1.54, 1.807) is 6.20 Å². The molecule has 1 heterocycles. The van der Waals surface area contributed by atoms with Crippen LogP contribution in [0.2, 0.25) is 0 Å². The van der Waals surface area contributed by atoms with E-state index < -0.39 is 0 Å². The summed E-state index contributed by atoms with van der Waals surface area (Å²) in [7, 11) is 0. The minimum absolute atomic E-state index is 0.00821. The second kappa shape index (κ2) is 4.16. The Morgan fingerprint density at radius 2 is 2.00 bits per heavy atom. The minimum atomic E-state index is -0.00821. The molecule has 0 bridgehead atoms. The van der Waals surface area contributed by atoms with Crippen LogP contribution in [-0.4, -0.2) is 15.1 Å². The number of nitrogens with zero attached hydrogens (tertiary/aromatic N) is 2. The molecule has 5 nitrogen and oxygen atoms in total. The van der Waals surface area contributed by atoms with Crippen LogP contribution in [0, 0.1) is 0 Å². The SMILES string of the molecule is Nc1ncc(-c2cccc(CO)c2)nc1N. The van der Waals surface area contributed by atoms with Crippen LogP contribution < -0.4 is 11.5 Å². The lowest BCUT2D eigenvalue weighted by atomic mass is 10.1. The Hall–Kier alpha value is -2.14. The third-order valence-electron chi connectivity index (χ3n) is 2.23. The van der Waals surface area contributed by atoms with Crippen molar-refractivity contribution in [3.05, 3.63) is 36.0 Å². The molecule has 0 aliphatic heterocycles. The zero-order valence-corrected chi connectivity index (χ0v) is 8.59. The first-order valence-electron chi connectivity index (χ1n) is 4.79. The molecule has 0 amide bonds. The average Bonchev–Trinajstić information content (AvgIpc) is 2.33. The van der Waals surface area contributed by atoms with Crippen molar-refractivity contribution in [2.24, 2.45) is 0 Å². The summed E-state index contributed by atoms with van der Waals surface area (Å²) in [5.74, 6) is 0.439. The summed E-state index contributed by atoms with van der Waals surface area (Å²) in [5.41, 5.74) is 13.4. The summed E-state index contributed by atoms with van der Waals surface area (Å²) >= 11 is 0. The largest absolute Gasteiger partial charge is 0.392 e. The van der Waals surface area contributed by atoms with E-state index in [-0.39, 0.29) is 18.2 Å². The highest BCUT2D eigenvalue weighted by atomic mass is 16.3. The summed E-state index contributed by atoms with van der Waals surface area (Å²) in [5, 5.41) is 9.03. The van der Waals surface area contributed by atoms with Crippen LogP contribution in [0.3, 0.4) is 0 Å². The number of anilines is 2. The molecular formula is C11H12N4O. The topological polar surface area (TPSA) is 98.0 Å². The van der Waals surface area contributed by atoms with Crippen LogP contribution in [0.5, 0.6) is 0 Å². The van der Waals surface area contributed by atoms with E-state index in [9.17, 15) is 0 Å². The van der Waals surface area contributed by atoms with Crippen LogP contribution in [0.15, 0.2) is 30.5 Å². The fraction of sp³-hybridized carbons (Fsp3) is 0.0909. The van der Waals surface area contributed by atoms with Gasteiger partial charge < -0.3 is 16.6 Å². The molecule has 16 heavy (non-hydrogen) atoms. The number of hydrogen-bond acceptors (Lipinski definition) is 5. The molecule has 0 aliphatic rings. The van der Waals surface area contributed by atoms with Gasteiger partial charge in [0.05, 0.1) is 18.5 Å². The first-order valence-corrected chi connectivity index (χ1v) is 4.79. The normalized spacial score (nSPS) is 10.3. The Bertz CT molecular complexity index is 513. The van der Waals surface area contributed by atoms with Gasteiger partial charge in [0, 0.05) is 5.56 Å². The molecule has 0 atom stereocenters. The van der Waals surface area contributed by atoms with Crippen molar-refractivity contribution in [1.29, 1.82) is 0 Å². The Kier molecular flexibility index (Phi) is 2.70. The number of hydrogen-bond donors (Lipinski definition) is 3. The smallest absolute Gasteiger partial charge is 0.166 e. The highest BCUT2D eigenvalue weighted by Gasteiger charge is 2.04. The molecule has 2 rings (SSSR count). The van der Waals surface area contributed by atoms with Gasteiger partial charge in [0.2, 0.25) is 0 Å². The number of aliphatic hydroxyl groups excluding tert-OH is 1. The molecule has 1 aromatic carbocycles. The van der Waals surface area contributed by atoms with Gasteiger partial charge >= 0.3 is 0 Å². The first-order chi connectivity index (χ1) is 7.70. The summed E-state index contributed by atoms with van der Waals surface area (Å²) in [6.07, 6.45) is 1.56. The van der Waals surface area contributed by atoms with Gasteiger partial charge in [-0.1, -0.05) is 18.2 Å². The third kappa shape index (κ3) is 1.94. The van der Waals surface area contributed by atoms with E-state index >= 15 is 0 Å². The zero-order valence-electron chi connectivity index (χ0n) is 8.59. The average molecular weight is 216 g/mol. The van der Waals surface area contributed by atoms with Gasteiger partial charge in [-0.3, -0.25) is 0 Å². The second-order valence-electron chi connectivity index (χ2n) is 3.38. The van der Waals surface area contributed by atoms with Gasteiger partial charge in [0.25, 0.3) is 0 Å².